The molecule has 2 heterocycles. The van der Waals surface area contributed by atoms with E-state index in [-0.39, 0.29) is 6.04 Å². The molecule has 19 heavy (non-hydrogen) atoms. The molecule has 106 valence electrons. The number of hydrogen-bond donors (Lipinski definition) is 1. The maximum Gasteiger partial charge on any atom is 0.225 e. The number of rotatable bonds is 4. The molecule has 0 aliphatic carbocycles. The summed E-state index contributed by atoms with van der Waals surface area (Å²) in [7, 11) is 4.17. The molecule has 0 amide bonds. The Morgan fingerprint density at radius 2 is 1.95 bits per heavy atom. The molecule has 0 aromatic carbocycles. The Morgan fingerprint density at radius 1 is 1.37 bits per heavy atom. The van der Waals surface area contributed by atoms with E-state index in [0.29, 0.717) is 12.5 Å². The van der Waals surface area contributed by atoms with E-state index in [0.717, 1.165) is 19.0 Å². The maximum atomic E-state index is 5.67. The van der Waals surface area contributed by atoms with Crippen molar-refractivity contribution in [3.63, 3.8) is 0 Å². The zero-order valence-electron chi connectivity index (χ0n) is 12.2. The van der Waals surface area contributed by atoms with Crippen LogP contribution in [0.5, 0.6) is 0 Å². The van der Waals surface area contributed by atoms with Crippen molar-refractivity contribution in [1.29, 1.82) is 0 Å². The molecule has 2 rings (SSSR count). The molecular formula is C14H25N5. The summed E-state index contributed by atoms with van der Waals surface area (Å²) in [6.45, 7) is 5.01. The van der Waals surface area contributed by atoms with Gasteiger partial charge in [-0.1, -0.05) is 0 Å². The van der Waals surface area contributed by atoms with Crippen LogP contribution in [0.25, 0.3) is 0 Å². The minimum absolute atomic E-state index is 0.259. The molecule has 1 fully saturated rings. The van der Waals surface area contributed by atoms with E-state index in [1.54, 1.807) is 0 Å². The van der Waals surface area contributed by atoms with Crippen LogP contribution in [0.1, 0.15) is 31.2 Å². The second-order valence-corrected chi connectivity index (χ2v) is 5.59. The molecule has 1 aliphatic heterocycles. The van der Waals surface area contributed by atoms with Crippen molar-refractivity contribution in [2.75, 3.05) is 38.6 Å². The van der Waals surface area contributed by atoms with E-state index in [9.17, 15) is 0 Å². The third-order valence-corrected chi connectivity index (χ3v) is 4.17. The van der Waals surface area contributed by atoms with Crippen LogP contribution in [0.2, 0.25) is 0 Å². The summed E-state index contributed by atoms with van der Waals surface area (Å²) in [4.78, 5) is 13.4. The third kappa shape index (κ3) is 3.42. The van der Waals surface area contributed by atoms with Crippen LogP contribution < -0.4 is 10.6 Å². The van der Waals surface area contributed by atoms with Gasteiger partial charge in [0.2, 0.25) is 5.95 Å². The SMILES string of the molecule is CC(CN)N(C)c1ncc(C2CCN(C)CC2)cn1. The highest BCUT2D eigenvalue weighted by atomic mass is 15.2. The van der Waals surface area contributed by atoms with Gasteiger partial charge in [0, 0.05) is 32.0 Å². The fourth-order valence-electron chi connectivity index (χ4n) is 2.42. The van der Waals surface area contributed by atoms with Gasteiger partial charge in [0.25, 0.3) is 0 Å². The number of likely N-dealkylation sites (tertiary alicyclic amines) is 1. The second-order valence-electron chi connectivity index (χ2n) is 5.59. The van der Waals surface area contributed by atoms with E-state index >= 15 is 0 Å². The molecular weight excluding hydrogens is 238 g/mol. The summed E-state index contributed by atoms with van der Waals surface area (Å²) in [5, 5.41) is 0. The zero-order chi connectivity index (χ0) is 13.8. The van der Waals surface area contributed by atoms with E-state index in [1.165, 1.54) is 18.4 Å². The average Bonchev–Trinajstić information content (AvgIpc) is 2.46. The molecule has 5 nitrogen and oxygen atoms in total. The Hall–Kier alpha value is -1.20. The minimum atomic E-state index is 0.259. The minimum Gasteiger partial charge on any atom is -0.340 e. The molecule has 1 aromatic heterocycles. The number of likely N-dealkylation sites (N-methyl/N-ethyl adjacent to an activating group) is 1. The maximum absolute atomic E-state index is 5.67. The predicted molar refractivity (Wildman–Crippen MR) is 78.4 cm³/mol. The first kappa shape index (κ1) is 14.2. The standard InChI is InChI=1S/C14H25N5/c1-11(8-15)19(3)14-16-9-13(10-17-14)12-4-6-18(2)7-5-12/h9-12H,4-8,15H2,1-3H3. The van der Waals surface area contributed by atoms with E-state index in [2.05, 4.69) is 28.8 Å². The molecule has 1 unspecified atom stereocenters. The lowest BCUT2D eigenvalue weighted by Crippen LogP contribution is -2.36. The van der Waals surface area contributed by atoms with Crippen LogP contribution in [0.4, 0.5) is 5.95 Å². The average molecular weight is 263 g/mol. The van der Waals surface area contributed by atoms with Gasteiger partial charge in [-0.15, -0.1) is 0 Å². The second kappa shape index (κ2) is 6.30. The number of aromatic nitrogens is 2. The van der Waals surface area contributed by atoms with Gasteiger partial charge in [0.1, 0.15) is 0 Å². The van der Waals surface area contributed by atoms with Crippen molar-refractivity contribution < 1.29 is 0 Å². The van der Waals surface area contributed by atoms with Crippen molar-refractivity contribution in [2.24, 2.45) is 5.73 Å². The molecule has 1 aromatic rings. The highest BCUT2D eigenvalue weighted by Crippen LogP contribution is 2.26. The first-order valence-electron chi connectivity index (χ1n) is 7.05. The summed E-state index contributed by atoms with van der Waals surface area (Å²) < 4.78 is 0. The molecule has 2 N–H and O–H groups in total. The summed E-state index contributed by atoms with van der Waals surface area (Å²) in [5.74, 6) is 1.37. The van der Waals surface area contributed by atoms with Crippen LogP contribution >= 0.6 is 0 Å². The van der Waals surface area contributed by atoms with Crippen molar-refractivity contribution in [3.05, 3.63) is 18.0 Å². The highest BCUT2D eigenvalue weighted by Gasteiger charge is 2.19. The lowest BCUT2D eigenvalue weighted by molar-refractivity contribution is 0.255. The number of anilines is 1. The molecule has 0 bridgehead atoms. The Morgan fingerprint density at radius 3 is 2.47 bits per heavy atom. The number of nitrogens with zero attached hydrogens (tertiary/aromatic N) is 4. The van der Waals surface area contributed by atoms with E-state index in [1.807, 2.05) is 24.3 Å². The highest BCUT2D eigenvalue weighted by molar-refractivity contribution is 5.31. The topological polar surface area (TPSA) is 58.3 Å². The molecule has 0 radical (unpaired) electrons. The Kier molecular flexibility index (Phi) is 4.71. The molecule has 1 aliphatic rings. The van der Waals surface area contributed by atoms with Crippen molar-refractivity contribution in [3.8, 4) is 0 Å². The van der Waals surface area contributed by atoms with Gasteiger partial charge in [0.15, 0.2) is 0 Å². The van der Waals surface area contributed by atoms with Gasteiger partial charge >= 0.3 is 0 Å². The smallest absolute Gasteiger partial charge is 0.225 e. The van der Waals surface area contributed by atoms with E-state index in [4.69, 9.17) is 5.73 Å². The molecule has 0 spiro atoms. The van der Waals surface area contributed by atoms with Gasteiger partial charge in [-0.25, -0.2) is 9.97 Å². The quantitative estimate of drug-likeness (QED) is 0.880. The van der Waals surface area contributed by atoms with Crippen molar-refractivity contribution in [2.45, 2.75) is 31.7 Å². The van der Waals surface area contributed by atoms with Gasteiger partial charge in [-0.2, -0.15) is 0 Å². The number of hydrogen-bond acceptors (Lipinski definition) is 5. The number of nitrogens with two attached hydrogens (primary N) is 1. The van der Waals surface area contributed by atoms with E-state index < -0.39 is 0 Å². The predicted octanol–water partition coefficient (Wildman–Crippen LogP) is 1.07. The van der Waals surface area contributed by atoms with Gasteiger partial charge in [0.05, 0.1) is 0 Å². The Balaban J connectivity index is 2.02. The Bertz CT molecular complexity index is 383. The van der Waals surface area contributed by atoms with Gasteiger partial charge < -0.3 is 15.5 Å². The van der Waals surface area contributed by atoms with Gasteiger partial charge in [-0.05, 0) is 51.4 Å². The Labute approximate surface area is 115 Å². The normalized spacial score (nSPS) is 19.4. The van der Waals surface area contributed by atoms with Crippen LogP contribution in [-0.4, -0.2) is 54.6 Å². The fraction of sp³-hybridized carbons (Fsp3) is 0.714. The fourth-order valence-corrected chi connectivity index (χ4v) is 2.42. The van der Waals surface area contributed by atoms with Crippen LogP contribution in [0.3, 0.4) is 0 Å². The number of piperidine rings is 1. The lowest BCUT2D eigenvalue weighted by atomic mass is 9.92. The van der Waals surface area contributed by atoms with Crippen molar-refractivity contribution in [1.82, 2.24) is 14.9 Å². The van der Waals surface area contributed by atoms with Crippen LogP contribution in [0, 0.1) is 0 Å². The molecule has 5 heteroatoms. The summed E-state index contributed by atoms with van der Waals surface area (Å²) in [6.07, 6.45) is 6.37. The first-order valence-corrected chi connectivity index (χ1v) is 7.05. The first-order chi connectivity index (χ1) is 9.11. The summed E-state index contributed by atoms with van der Waals surface area (Å²) in [5.41, 5.74) is 6.94. The van der Waals surface area contributed by atoms with Crippen molar-refractivity contribution >= 4 is 5.95 Å². The van der Waals surface area contributed by atoms with Crippen LogP contribution in [-0.2, 0) is 0 Å². The molecule has 0 saturated carbocycles. The van der Waals surface area contributed by atoms with Gasteiger partial charge in [-0.3, -0.25) is 0 Å². The molecule has 1 saturated heterocycles. The summed E-state index contributed by atoms with van der Waals surface area (Å²) >= 11 is 0. The largest absolute Gasteiger partial charge is 0.340 e. The third-order valence-electron chi connectivity index (χ3n) is 4.17. The van der Waals surface area contributed by atoms with Crippen LogP contribution in [0.15, 0.2) is 12.4 Å². The molecule has 1 atom stereocenters. The summed E-state index contributed by atoms with van der Waals surface area (Å²) in [6, 6.07) is 0.259. The zero-order valence-corrected chi connectivity index (χ0v) is 12.2. The lowest BCUT2D eigenvalue weighted by Gasteiger charge is -2.29. The monoisotopic (exact) mass is 263 g/mol.